The molecule has 0 fully saturated rings. The summed E-state index contributed by atoms with van der Waals surface area (Å²) in [6.07, 6.45) is 3.04. The predicted octanol–water partition coefficient (Wildman–Crippen LogP) is 1.21. The molecule has 0 aromatic carbocycles. The summed E-state index contributed by atoms with van der Waals surface area (Å²) < 4.78 is 14.3. The maximum absolute atomic E-state index is 11.6. The van der Waals surface area contributed by atoms with Crippen molar-refractivity contribution in [3.05, 3.63) is 46.6 Å². The topological polar surface area (TPSA) is 71.2 Å². The van der Waals surface area contributed by atoms with Gasteiger partial charge in [0.05, 0.1) is 12.7 Å². The molecule has 0 radical (unpaired) electrons. The fourth-order valence-corrected chi connectivity index (χ4v) is 1.91. The fourth-order valence-electron chi connectivity index (χ4n) is 1.91. The van der Waals surface area contributed by atoms with E-state index in [1.54, 1.807) is 27.7 Å². The first kappa shape index (κ1) is 15.4. The van der Waals surface area contributed by atoms with Gasteiger partial charge < -0.3 is 14.0 Å². The predicted molar refractivity (Wildman–Crippen MR) is 76.7 cm³/mol. The Bertz CT molecular complexity index is 602. The minimum absolute atomic E-state index is 0.0284. The highest BCUT2D eigenvalue weighted by molar-refractivity contribution is 4.95. The van der Waals surface area contributed by atoms with E-state index in [9.17, 15) is 4.79 Å². The van der Waals surface area contributed by atoms with Crippen LogP contribution in [0.25, 0.3) is 0 Å². The maximum atomic E-state index is 11.6. The standard InChI is InChI=1S/C14H20N4O3/c1-3-20-14(21-4-2)12-11-18(16-15-12)10-9-17-8-6-5-7-13(17)19/h5-8,11,14H,3-4,9-10H2,1-2H3. The molecule has 2 aromatic heterocycles. The number of hydrogen-bond donors (Lipinski definition) is 0. The van der Waals surface area contributed by atoms with Crippen LogP contribution in [0.3, 0.4) is 0 Å². The number of rotatable bonds is 8. The molecule has 2 heterocycles. The highest BCUT2D eigenvalue weighted by atomic mass is 16.7. The lowest BCUT2D eigenvalue weighted by molar-refractivity contribution is -0.142. The largest absolute Gasteiger partial charge is 0.347 e. The van der Waals surface area contributed by atoms with Crippen LogP contribution >= 0.6 is 0 Å². The van der Waals surface area contributed by atoms with Crippen LogP contribution < -0.4 is 5.56 Å². The van der Waals surface area contributed by atoms with Gasteiger partial charge in [0.2, 0.25) is 6.29 Å². The first-order chi connectivity index (χ1) is 10.2. The molecule has 21 heavy (non-hydrogen) atoms. The van der Waals surface area contributed by atoms with Crippen molar-refractivity contribution in [1.82, 2.24) is 19.6 Å². The van der Waals surface area contributed by atoms with Crippen molar-refractivity contribution < 1.29 is 9.47 Å². The van der Waals surface area contributed by atoms with E-state index in [4.69, 9.17) is 9.47 Å². The molecule has 0 spiro atoms. The third-order valence-electron chi connectivity index (χ3n) is 2.90. The Morgan fingerprint density at radius 3 is 2.62 bits per heavy atom. The molecule has 0 saturated carbocycles. The molecule has 0 N–H and O–H groups in total. The molecule has 0 saturated heterocycles. The fraction of sp³-hybridized carbons (Fsp3) is 0.500. The third kappa shape index (κ3) is 4.24. The van der Waals surface area contributed by atoms with Crippen LogP contribution in [-0.2, 0) is 22.6 Å². The summed E-state index contributed by atoms with van der Waals surface area (Å²) in [5, 5.41) is 8.10. The van der Waals surface area contributed by atoms with E-state index in [2.05, 4.69) is 10.3 Å². The van der Waals surface area contributed by atoms with Gasteiger partial charge in [-0.15, -0.1) is 5.10 Å². The Kier molecular flexibility index (Phi) is 5.65. The summed E-state index contributed by atoms with van der Waals surface area (Å²) in [5.74, 6) is 0. The summed E-state index contributed by atoms with van der Waals surface area (Å²) in [7, 11) is 0. The van der Waals surface area contributed by atoms with Crippen molar-refractivity contribution in [1.29, 1.82) is 0 Å². The molecule has 7 heteroatoms. The minimum atomic E-state index is -0.492. The highest BCUT2D eigenvalue weighted by Gasteiger charge is 2.15. The van der Waals surface area contributed by atoms with Crippen molar-refractivity contribution in [3.8, 4) is 0 Å². The lowest BCUT2D eigenvalue weighted by Crippen LogP contribution is -2.20. The molecule has 0 aliphatic carbocycles. The zero-order valence-corrected chi connectivity index (χ0v) is 12.3. The molecule has 2 rings (SSSR count). The van der Waals surface area contributed by atoms with Crippen molar-refractivity contribution in [2.24, 2.45) is 0 Å². The highest BCUT2D eigenvalue weighted by Crippen LogP contribution is 2.15. The average Bonchev–Trinajstić information content (AvgIpc) is 2.95. The number of aryl methyl sites for hydroxylation is 2. The molecule has 114 valence electrons. The van der Waals surface area contributed by atoms with Crippen LogP contribution in [0.15, 0.2) is 35.4 Å². The van der Waals surface area contributed by atoms with Crippen LogP contribution in [0.5, 0.6) is 0 Å². The molecule has 0 unspecified atom stereocenters. The summed E-state index contributed by atoms with van der Waals surface area (Å²) in [6.45, 7) is 5.97. The first-order valence-electron chi connectivity index (χ1n) is 7.03. The van der Waals surface area contributed by atoms with E-state index < -0.39 is 6.29 Å². The lowest BCUT2D eigenvalue weighted by Gasteiger charge is -2.13. The minimum Gasteiger partial charge on any atom is -0.347 e. The van der Waals surface area contributed by atoms with Gasteiger partial charge in [-0.2, -0.15) is 0 Å². The molecular formula is C14H20N4O3. The van der Waals surface area contributed by atoms with Crippen molar-refractivity contribution in [2.75, 3.05) is 13.2 Å². The molecule has 0 aliphatic rings. The van der Waals surface area contributed by atoms with E-state index in [1.165, 1.54) is 6.07 Å². The third-order valence-corrected chi connectivity index (χ3v) is 2.90. The Balaban J connectivity index is 1.99. The van der Waals surface area contributed by atoms with Gasteiger partial charge in [0.15, 0.2) is 0 Å². The van der Waals surface area contributed by atoms with Crippen LogP contribution in [0.4, 0.5) is 0 Å². The SMILES string of the molecule is CCOC(OCC)c1cn(CCn2ccccc2=O)nn1. The van der Waals surface area contributed by atoms with Gasteiger partial charge in [0, 0.05) is 32.0 Å². The van der Waals surface area contributed by atoms with Gasteiger partial charge >= 0.3 is 0 Å². The van der Waals surface area contributed by atoms with Crippen LogP contribution in [0.2, 0.25) is 0 Å². The lowest BCUT2D eigenvalue weighted by atomic mass is 10.4. The van der Waals surface area contributed by atoms with E-state index in [-0.39, 0.29) is 5.56 Å². The molecule has 0 amide bonds. The van der Waals surface area contributed by atoms with Crippen LogP contribution in [0, 0.1) is 0 Å². The van der Waals surface area contributed by atoms with E-state index in [0.717, 1.165) is 0 Å². The number of ether oxygens (including phenoxy) is 2. The number of aromatic nitrogens is 4. The zero-order chi connectivity index (χ0) is 15.1. The number of nitrogens with zero attached hydrogens (tertiary/aromatic N) is 4. The Labute approximate surface area is 123 Å². The summed E-state index contributed by atoms with van der Waals surface area (Å²) in [5.41, 5.74) is 0.610. The van der Waals surface area contributed by atoms with Crippen molar-refractivity contribution >= 4 is 0 Å². The van der Waals surface area contributed by atoms with Crippen LogP contribution in [-0.4, -0.2) is 32.8 Å². The Morgan fingerprint density at radius 1 is 1.19 bits per heavy atom. The maximum Gasteiger partial charge on any atom is 0.250 e. The molecular weight excluding hydrogens is 272 g/mol. The van der Waals surface area contributed by atoms with Gasteiger partial charge in [-0.05, 0) is 19.9 Å². The molecule has 7 nitrogen and oxygen atoms in total. The molecule has 0 aliphatic heterocycles. The molecule has 0 atom stereocenters. The zero-order valence-electron chi connectivity index (χ0n) is 12.3. The Hall–Kier alpha value is -1.99. The summed E-state index contributed by atoms with van der Waals surface area (Å²) in [4.78, 5) is 11.6. The number of hydrogen-bond acceptors (Lipinski definition) is 5. The van der Waals surface area contributed by atoms with E-state index in [1.807, 2.05) is 19.9 Å². The second kappa shape index (κ2) is 7.70. The molecule has 0 bridgehead atoms. The van der Waals surface area contributed by atoms with Gasteiger partial charge in [-0.3, -0.25) is 9.48 Å². The van der Waals surface area contributed by atoms with Crippen LogP contribution in [0.1, 0.15) is 25.8 Å². The van der Waals surface area contributed by atoms with Crippen molar-refractivity contribution in [3.63, 3.8) is 0 Å². The molecule has 2 aromatic rings. The number of pyridine rings is 1. The van der Waals surface area contributed by atoms with Gasteiger partial charge in [-0.25, -0.2) is 0 Å². The van der Waals surface area contributed by atoms with Gasteiger partial charge in [-0.1, -0.05) is 11.3 Å². The second-order valence-corrected chi connectivity index (χ2v) is 4.38. The Morgan fingerprint density at radius 2 is 1.95 bits per heavy atom. The summed E-state index contributed by atoms with van der Waals surface area (Å²) >= 11 is 0. The normalized spacial score (nSPS) is 11.2. The smallest absolute Gasteiger partial charge is 0.250 e. The summed E-state index contributed by atoms with van der Waals surface area (Å²) in [6, 6.07) is 5.09. The second-order valence-electron chi connectivity index (χ2n) is 4.38. The van der Waals surface area contributed by atoms with Gasteiger partial charge in [0.1, 0.15) is 5.69 Å². The quantitative estimate of drug-likeness (QED) is 0.684. The van der Waals surface area contributed by atoms with Gasteiger partial charge in [0.25, 0.3) is 5.56 Å². The monoisotopic (exact) mass is 292 g/mol. The average molecular weight is 292 g/mol. The van der Waals surface area contributed by atoms with E-state index >= 15 is 0 Å². The van der Waals surface area contributed by atoms with Crippen molar-refractivity contribution in [2.45, 2.75) is 33.2 Å². The first-order valence-corrected chi connectivity index (χ1v) is 7.03. The van der Waals surface area contributed by atoms with E-state index in [0.29, 0.717) is 32.0 Å².